The van der Waals surface area contributed by atoms with Gasteiger partial charge in [-0.05, 0) is 58.0 Å². The fraction of sp³-hybridized carbons (Fsp3) is 0.308. The second-order valence-electron chi connectivity index (χ2n) is 3.80. The molecule has 2 heterocycles. The Bertz CT molecular complexity index is 455. The van der Waals surface area contributed by atoms with Crippen LogP contribution in [-0.4, -0.2) is 11.5 Å². The van der Waals surface area contributed by atoms with Crippen LogP contribution in [0.5, 0.6) is 0 Å². The highest BCUT2D eigenvalue weighted by atomic mass is 79.9. The molecule has 0 spiro atoms. The largest absolute Gasteiger partial charge is 0.309 e. The van der Waals surface area contributed by atoms with Gasteiger partial charge >= 0.3 is 0 Å². The van der Waals surface area contributed by atoms with Crippen molar-refractivity contribution in [3.05, 3.63) is 50.9 Å². The zero-order chi connectivity index (χ0) is 12.1. The maximum absolute atomic E-state index is 4.05. The van der Waals surface area contributed by atoms with Crippen molar-refractivity contribution < 1.29 is 0 Å². The number of likely N-dealkylation sites (N-methyl/N-ethyl adjacent to an activating group) is 1. The molecule has 0 saturated carbocycles. The van der Waals surface area contributed by atoms with Gasteiger partial charge in [0.15, 0.2) is 0 Å². The molecule has 0 aromatic carbocycles. The lowest BCUT2D eigenvalue weighted by Crippen LogP contribution is -2.22. The van der Waals surface area contributed by atoms with E-state index in [4.69, 9.17) is 0 Å². The number of nitrogens with one attached hydrogen (secondary N) is 1. The third-order valence-electron chi connectivity index (χ3n) is 2.60. The Balaban J connectivity index is 2.16. The molecule has 0 aliphatic rings. The zero-order valence-electron chi connectivity index (χ0n) is 9.69. The second kappa shape index (κ2) is 6.28. The minimum atomic E-state index is 0.372. The fourth-order valence-corrected chi connectivity index (χ4v) is 3.54. The molecule has 0 saturated heterocycles. The normalized spacial score (nSPS) is 12.6. The molecular formula is C13H15BrN2S. The Morgan fingerprint density at radius 1 is 1.35 bits per heavy atom. The van der Waals surface area contributed by atoms with Crippen LogP contribution in [0.1, 0.15) is 23.4 Å². The van der Waals surface area contributed by atoms with E-state index in [1.165, 1.54) is 14.9 Å². The number of hydrogen-bond donors (Lipinski definition) is 1. The summed E-state index contributed by atoms with van der Waals surface area (Å²) in [6, 6.07) is 6.63. The van der Waals surface area contributed by atoms with Gasteiger partial charge in [0, 0.05) is 27.8 Å². The van der Waals surface area contributed by atoms with Crippen LogP contribution in [0.4, 0.5) is 0 Å². The minimum absolute atomic E-state index is 0.372. The van der Waals surface area contributed by atoms with E-state index in [1.54, 1.807) is 11.3 Å². The summed E-state index contributed by atoms with van der Waals surface area (Å²) in [5, 5.41) is 5.66. The van der Waals surface area contributed by atoms with E-state index in [0.717, 1.165) is 13.0 Å². The summed E-state index contributed by atoms with van der Waals surface area (Å²) in [6.45, 7) is 3.11. The van der Waals surface area contributed by atoms with Crippen molar-refractivity contribution in [1.82, 2.24) is 10.3 Å². The van der Waals surface area contributed by atoms with Gasteiger partial charge in [0.05, 0.1) is 0 Å². The van der Waals surface area contributed by atoms with Gasteiger partial charge in [-0.15, -0.1) is 11.3 Å². The van der Waals surface area contributed by atoms with Crippen LogP contribution >= 0.6 is 27.3 Å². The van der Waals surface area contributed by atoms with E-state index in [2.05, 4.69) is 56.7 Å². The van der Waals surface area contributed by atoms with Crippen molar-refractivity contribution in [2.75, 3.05) is 6.54 Å². The molecule has 2 nitrogen and oxygen atoms in total. The number of aromatic nitrogens is 1. The molecule has 1 N–H and O–H groups in total. The van der Waals surface area contributed by atoms with Gasteiger partial charge in [-0.3, -0.25) is 4.98 Å². The van der Waals surface area contributed by atoms with Crippen LogP contribution in [0, 0.1) is 0 Å². The number of pyridine rings is 1. The van der Waals surface area contributed by atoms with E-state index in [9.17, 15) is 0 Å². The summed E-state index contributed by atoms with van der Waals surface area (Å²) in [7, 11) is 0. The molecule has 90 valence electrons. The predicted octanol–water partition coefficient (Wildman–Crippen LogP) is 3.80. The van der Waals surface area contributed by atoms with E-state index >= 15 is 0 Å². The van der Waals surface area contributed by atoms with Gasteiger partial charge in [-0.2, -0.15) is 0 Å². The lowest BCUT2D eigenvalue weighted by molar-refractivity contribution is 0.556. The summed E-state index contributed by atoms with van der Waals surface area (Å²) in [5.41, 5.74) is 1.31. The molecule has 0 fully saturated rings. The molecule has 0 aliphatic carbocycles. The van der Waals surface area contributed by atoms with Crippen LogP contribution < -0.4 is 5.32 Å². The highest BCUT2D eigenvalue weighted by molar-refractivity contribution is 9.10. The van der Waals surface area contributed by atoms with Gasteiger partial charge < -0.3 is 5.32 Å². The van der Waals surface area contributed by atoms with Crippen LogP contribution in [0.15, 0.2) is 40.4 Å². The monoisotopic (exact) mass is 310 g/mol. The Morgan fingerprint density at radius 2 is 2.12 bits per heavy atom. The van der Waals surface area contributed by atoms with Crippen molar-refractivity contribution in [3.8, 4) is 0 Å². The van der Waals surface area contributed by atoms with Crippen molar-refractivity contribution in [2.45, 2.75) is 19.4 Å². The van der Waals surface area contributed by atoms with Crippen LogP contribution in [-0.2, 0) is 6.42 Å². The molecular weight excluding hydrogens is 296 g/mol. The Labute approximate surface area is 114 Å². The van der Waals surface area contributed by atoms with Gasteiger partial charge in [-0.1, -0.05) is 6.92 Å². The predicted molar refractivity (Wildman–Crippen MR) is 76.4 cm³/mol. The Morgan fingerprint density at radius 3 is 2.71 bits per heavy atom. The standard InChI is InChI=1S/C13H15BrN2S/c1-2-16-12(13-11(14)5-8-17-13)9-10-3-6-15-7-4-10/h3-8,12,16H,2,9H2,1H3. The van der Waals surface area contributed by atoms with E-state index in [0.29, 0.717) is 6.04 Å². The fourth-order valence-electron chi connectivity index (χ4n) is 1.81. The van der Waals surface area contributed by atoms with Crippen molar-refractivity contribution >= 4 is 27.3 Å². The SMILES string of the molecule is CCNC(Cc1ccncc1)c1sccc1Br. The average molecular weight is 311 g/mol. The molecule has 17 heavy (non-hydrogen) atoms. The molecule has 4 heteroatoms. The molecule has 0 aliphatic heterocycles. The summed E-state index contributed by atoms with van der Waals surface area (Å²) in [4.78, 5) is 5.42. The molecule has 0 amide bonds. The molecule has 2 aromatic heterocycles. The summed E-state index contributed by atoms with van der Waals surface area (Å²) >= 11 is 5.40. The highest BCUT2D eigenvalue weighted by Gasteiger charge is 2.15. The molecule has 2 aromatic rings. The smallest absolute Gasteiger partial charge is 0.0467 e. The molecule has 1 atom stereocenters. The summed E-state index contributed by atoms with van der Waals surface area (Å²) in [5.74, 6) is 0. The van der Waals surface area contributed by atoms with Crippen molar-refractivity contribution in [3.63, 3.8) is 0 Å². The third-order valence-corrected chi connectivity index (χ3v) is 4.59. The van der Waals surface area contributed by atoms with E-state index < -0.39 is 0 Å². The quantitative estimate of drug-likeness (QED) is 0.908. The second-order valence-corrected chi connectivity index (χ2v) is 5.60. The van der Waals surface area contributed by atoms with Gasteiger partial charge in [0.25, 0.3) is 0 Å². The first-order chi connectivity index (χ1) is 8.31. The summed E-state index contributed by atoms with van der Waals surface area (Å²) < 4.78 is 1.20. The first kappa shape index (κ1) is 12.7. The van der Waals surface area contributed by atoms with Gasteiger partial charge in [0.2, 0.25) is 0 Å². The Kier molecular flexibility index (Phi) is 4.71. The van der Waals surface area contributed by atoms with Gasteiger partial charge in [-0.25, -0.2) is 0 Å². The molecule has 0 bridgehead atoms. The highest BCUT2D eigenvalue weighted by Crippen LogP contribution is 2.30. The molecule has 0 radical (unpaired) electrons. The van der Waals surface area contributed by atoms with Crippen LogP contribution in [0.25, 0.3) is 0 Å². The van der Waals surface area contributed by atoms with E-state index in [1.807, 2.05) is 12.4 Å². The first-order valence-electron chi connectivity index (χ1n) is 5.66. The lowest BCUT2D eigenvalue weighted by Gasteiger charge is -2.17. The number of hydrogen-bond acceptors (Lipinski definition) is 3. The molecule has 1 unspecified atom stereocenters. The van der Waals surface area contributed by atoms with Crippen LogP contribution in [0.2, 0.25) is 0 Å². The minimum Gasteiger partial charge on any atom is -0.309 e. The topological polar surface area (TPSA) is 24.9 Å². The number of thiophene rings is 1. The number of nitrogens with zero attached hydrogens (tertiary/aromatic N) is 1. The first-order valence-corrected chi connectivity index (χ1v) is 7.33. The lowest BCUT2D eigenvalue weighted by atomic mass is 10.1. The zero-order valence-corrected chi connectivity index (χ0v) is 12.1. The van der Waals surface area contributed by atoms with Crippen LogP contribution in [0.3, 0.4) is 0 Å². The maximum atomic E-state index is 4.05. The van der Waals surface area contributed by atoms with E-state index in [-0.39, 0.29) is 0 Å². The molecule has 2 rings (SSSR count). The van der Waals surface area contributed by atoms with Crippen molar-refractivity contribution in [1.29, 1.82) is 0 Å². The maximum Gasteiger partial charge on any atom is 0.0467 e. The summed E-state index contributed by atoms with van der Waals surface area (Å²) in [6.07, 6.45) is 4.69. The van der Waals surface area contributed by atoms with Crippen molar-refractivity contribution in [2.24, 2.45) is 0 Å². The third kappa shape index (κ3) is 3.37. The Hall–Kier alpha value is -0.710. The van der Waals surface area contributed by atoms with Gasteiger partial charge in [0.1, 0.15) is 0 Å². The number of rotatable bonds is 5. The number of halogens is 1. The average Bonchev–Trinajstić information content (AvgIpc) is 2.76.